The van der Waals surface area contributed by atoms with Crippen molar-refractivity contribution in [2.45, 2.75) is 39.2 Å². The van der Waals surface area contributed by atoms with Gasteiger partial charge in [-0.2, -0.15) is 0 Å². The van der Waals surface area contributed by atoms with Crippen molar-refractivity contribution >= 4 is 5.78 Å². The molecule has 2 aromatic rings. The molecule has 0 atom stereocenters. The number of likely N-dealkylation sites (tertiary alicyclic amines) is 1. The van der Waals surface area contributed by atoms with Crippen molar-refractivity contribution in [3.63, 3.8) is 0 Å². The summed E-state index contributed by atoms with van der Waals surface area (Å²) >= 11 is 0. The summed E-state index contributed by atoms with van der Waals surface area (Å²) in [6, 6.07) is 18.3. The highest BCUT2D eigenvalue weighted by atomic mass is 16.1. The highest BCUT2D eigenvalue weighted by molar-refractivity contribution is 6.03. The molecule has 24 heavy (non-hydrogen) atoms. The number of hydrogen-bond acceptors (Lipinski definition) is 2. The largest absolute Gasteiger partial charge is 0.292 e. The Morgan fingerprint density at radius 3 is 2.04 bits per heavy atom. The molecule has 1 heterocycles. The average molecular weight is 321 g/mol. The summed E-state index contributed by atoms with van der Waals surface area (Å²) < 4.78 is 0. The van der Waals surface area contributed by atoms with Gasteiger partial charge in [0.1, 0.15) is 0 Å². The van der Waals surface area contributed by atoms with E-state index in [9.17, 15) is 4.79 Å². The van der Waals surface area contributed by atoms with Crippen LogP contribution in [0.2, 0.25) is 0 Å². The molecule has 1 saturated heterocycles. The average Bonchev–Trinajstić information content (AvgIpc) is 2.62. The molecule has 2 heteroatoms. The Balaban J connectivity index is 1.77. The van der Waals surface area contributed by atoms with Crippen LogP contribution in [0.3, 0.4) is 0 Å². The second kappa shape index (κ2) is 6.90. The quantitative estimate of drug-likeness (QED) is 0.735. The van der Waals surface area contributed by atoms with Gasteiger partial charge in [-0.3, -0.25) is 9.69 Å². The van der Waals surface area contributed by atoms with E-state index in [1.54, 1.807) is 0 Å². The lowest BCUT2D eigenvalue weighted by Gasteiger charge is -2.41. The summed E-state index contributed by atoms with van der Waals surface area (Å²) in [5, 5.41) is 0. The fraction of sp³-hybridized carbons (Fsp3) is 0.409. The van der Waals surface area contributed by atoms with Crippen molar-refractivity contribution in [1.82, 2.24) is 4.90 Å². The van der Waals surface area contributed by atoms with Crippen molar-refractivity contribution < 1.29 is 4.79 Å². The van der Waals surface area contributed by atoms with E-state index in [2.05, 4.69) is 49.9 Å². The van der Waals surface area contributed by atoms with Crippen LogP contribution in [0.4, 0.5) is 0 Å². The number of carbonyl (C=O) groups is 1. The predicted octanol–water partition coefficient (Wildman–Crippen LogP) is 5.05. The normalized spacial score (nSPS) is 17.0. The minimum atomic E-state index is -0.436. The van der Waals surface area contributed by atoms with Gasteiger partial charge in [0.05, 0.1) is 5.54 Å². The van der Waals surface area contributed by atoms with Crippen LogP contribution < -0.4 is 0 Å². The topological polar surface area (TPSA) is 20.3 Å². The maximum atomic E-state index is 13.1. The van der Waals surface area contributed by atoms with Crippen molar-refractivity contribution in [1.29, 1.82) is 0 Å². The van der Waals surface area contributed by atoms with E-state index in [0.29, 0.717) is 0 Å². The molecular formula is C22H27NO. The Hall–Kier alpha value is -1.93. The molecule has 126 valence electrons. The van der Waals surface area contributed by atoms with Crippen LogP contribution in [0.25, 0.3) is 11.1 Å². The monoisotopic (exact) mass is 321 g/mol. The van der Waals surface area contributed by atoms with Crippen LogP contribution in [0, 0.1) is 5.92 Å². The number of hydrogen-bond donors (Lipinski definition) is 0. The molecule has 0 N–H and O–H groups in total. The zero-order chi connectivity index (χ0) is 17.2. The van der Waals surface area contributed by atoms with E-state index in [0.717, 1.165) is 30.1 Å². The third kappa shape index (κ3) is 3.44. The van der Waals surface area contributed by atoms with E-state index in [-0.39, 0.29) is 5.78 Å². The summed E-state index contributed by atoms with van der Waals surface area (Å²) in [5.74, 6) is 0.994. The van der Waals surface area contributed by atoms with Crippen molar-refractivity contribution in [3.05, 3.63) is 60.2 Å². The SMILES string of the molecule is CC1CCN(C(C)(C)C(=O)c2ccc(-c3ccccc3)cc2)CC1. The van der Waals surface area contributed by atoms with Crippen LogP contribution in [0.1, 0.15) is 44.0 Å². The maximum absolute atomic E-state index is 13.1. The van der Waals surface area contributed by atoms with Crippen molar-refractivity contribution in [3.8, 4) is 11.1 Å². The number of ketones is 1. The third-order valence-electron chi connectivity index (χ3n) is 5.38. The molecule has 0 aliphatic carbocycles. The van der Waals surface area contributed by atoms with Gasteiger partial charge in [-0.15, -0.1) is 0 Å². The van der Waals surface area contributed by atoms with Gasteiger partial charge in [0, 0.05) is 5.56 Å². The minimum Gasteiger partial charge on any atom is -0.292 e. The van der Waals surface area contributed by atoms with Crippen LogP contribution in [0.15, 0.2) is 54.6 Å². The highest BCUT2D eigenvalue weighted by Gasteiger charge is 2.36. The fourth-order valence-electron chi connectivity index (χ4n) is 3.51. The first-order valence-corrected chi connectivity index (χ1v) is 8.94. The Morgan fingerprint density at radius 2 is 1.46 bits per heavy atom. The van der Waals surface area contributed by atoms with E-state index in [1.807, 2.05) is 30.3 Å². The molecule has 1 fully saturated rings. The summed E-state index contributed by atoms with van der Waals surface area (Å²) in [5.41, 5.74) is 2.70. The zero-order valence-corrected chi connectivity index (χ0v) is 15.0. The van der Waals surface area contributed by atoms with E-state index in [4.69, 9.17) is 0 Å². The lowest BCUT2D eigenvalue weighted by Crippen LogP contribution is -2.52. The van der Waals surface area contributed by atoms with Crippen LogP contribution in [-0.4, -0.2) is 29.3 Å². The summed E-state index contributed by atoms with van der Waals surface area (Å²) in [7, 11) is 0. The number of rotatable bonds is 4. The summed E-state index contributed by atoms with van der Waals surface area (Å²) in [6.07, 6.45) is 2.37. The van der Waals surface area contributed by atoms with E-state index in [1.165, 1.54) is 18.4 Å². The van der Waals surface area contributed by atoms with Gasteiger partial charge >= 0.3 is 0 Å². The molecule has 2 nitrogen and oxygen atoms in total. The van der Waals surface area contributed by atoms with Gasteiger partial charge in [-0.1, -0.05) is 61.5 Å². The first-order valence-electron chi connectivity index (χ1n) is 8.94. The molecular weight excluding hydrogens is 294 g/mol. The zero-order valence-electron chi connectivity index (χ0n) is 15.0. The van der Waals surface area contributed by atoms with Gasteiger partial charge in [-0.05, 0) is 56.8 Å². The smallest absolute Gasteiger partial charge is 0.182 e. The number of piperidine rings is 1. The molecule has 0 aromatic heterocycles. The lowest BCUT2D eigenvalue weighted by molar-refractivity contribution is 0.0524. The van der Waals surface area contributed by atoms with Gasteiger partial charge in [0.15, 0.2) is 5.78 Å². The standard InChI is InChI=1S/C22H27NO/c1-17-13-15-23(16-14-17)22(2,3)21(24)20-11-9-19(10-12-20)18-7-5-4-6-8-18/h4-12,17H,13-16H2,1-3H3. The number of Topliss-reactive ketones (excluding diaryl/α,β-unsaturated/α-hetero) is 1. The Labute approximate surface area is 145 Å². The predicted molar refractivity (Wildman–Crippen MR) is 100 cm³/mol. The maximum Gasteiger partial charge on any atom is 0.182 e. The Kier molecular flexibility index (Phi) is 4.86. The van der Waals surface area contributed by atoms with Crippen molar-refractivity contribution in [2.75, 3.05) is 13.1 Å². The number of nitrogens with zero attached hydrogens (tertiary/aromatic N) is 1. The molecule has 0 saturated carbocycles. The molecule has 2 aromatic carbocycles. The number of benzene rings is 2. The molecule has 3 rings (SSSR count). The first kappa shape index (κ1) is 16.9. The lowest BCUT2D eigenvalue weighted by atomic mass is 9.87. The summed E-state index contributed by atoms with van der Waals surface area (Å²) in [6.45, 7) is 8.46. The van der Waals surface area contributed by atoms with Crippen LogP contribution in [0.5, 0.6) is 0 Å². The molecule has 1 aliphatic rings. The molecule has 0 radical (unpaired) electrons. The van der Waals surface area contributed by atoms with Crippen molar-refractivity contribution in [2.24, 2.45) is 5.92 Å². The van der Waals surface area contributed by atoms with Gasteiger partial charge in [0.25, 0.3) is 0 Å². The Morgan fingerprint density at radius 1 is 0.917 bits per heavy atom. The fourth-order valence-corrected chi connectivity index (χ4v) is 3.51. The second-order valence-corrected chi connectivity index (χ2v) is 7.50. The van der Waals surface area contributed by atoms with Crippen LogP contribution >= 0.6 is 0 Å². The van der Waals surface area contributed by atoms with Gasteiger partial charge in [-0.25, -0.2) is 0 Å². The molecule has 0 bridgehead atoms. The molecule has 0 amide bonds. The molecule has 1 aliphatic heterocycles. The molecule has 0 spiro atoms. The van der Waals surface area contributed by atoms with Gasteiger partial charge in [0.2, 0.25) is 0 Å². The summed E-state index contributed by atoms with van der Waals surface area (Å²) in [4.78, 5) is 15.4. The van der Waals surface area contributed by atoms with E-state index >= 15 is 0 Å². The number of carbonyl (C=O) groups excluding carboxylic acids is 1. The molecule has 0 unspecified atom stereocenters. The second-order valence-electron chi connectivity index (χ2n) is 7.50. The Bertz CT molecular complexity index is 680. The first-order chi connectivity index (χ1) is 11.5. The third-order valence-corrected chi connectivity index (χ3v) is 5.38. The van der Waals surface area contributed by atoms with E-state index < -0.39 is 5.54 Å². The van der Waals surface area contributed by atoms with Crippen LogP contribution in [-0.2, 0) is 0 Å². The highest BCUT2D eigenvalue weighted by Crippen LogP contribution is 2.28. The minimum absolute atomic E-state index is 0.219. The van der Waals surface area contributed by atoms with Gasteiger partial charge < -0.3 is 0 Å².